The van der Waals surface area contributed by atoms with Crippen molar-refractivity contribution in [2.75, 3.05) is 5.73 Å². The Morgan fingerprint density at radius 3 is 2.56 bits per heavy atom. The van der Waals surface area contributed by atoms with Crippen LogP contribution < -0.4 is 5.73 Å². The van der Waals surface area contributed by atoms with Crippen LogP contribution in [-0.2, 0) is 0 Å². The quantitative estimate of drug-likeness (QED) is 0.837. The van der Waals surface area contributed by atoms with Crippen molar-refractivity contribution in [2.45, 2.75) is 26.7 Å². The van der Waals surface area contributed by atoms with Crippen LogP contribution in [0.1, 0.15) is 31.1 Å². The highest BCUT2D eigenvalue weighted by molar-refractivity contribution is 5.66. The SMILES string of the molecule is Cc1ccccc1-c1nc(N)oc1C(C)C. The van der Waals surface area contributed by atoms with Crippen LogP contribution in [0.25, 0.3) is 11.3 Å². The summed E-state index contributed by atoms with van der Waals surface area (Å²) in [4.78, 5) is 4.27. The number of nitrogens with two attached hydrogens (primary N) is 1. The van der Waals surface area contributed by atoms with Crippen molar-refractivity contribution in [2.24, 2.45) is 0 Å². The normalized spacial score (nSPS) is 11.0. The van der Waals surface area contributed by atoms with Gasteiger partial charge in [-0.25, -0.2) is 0 Å². The van der Waals surface area contributed by atoms with Gasteiger partial charge in [-0.05, 0) is 12.5 Å². The Morgan fingerprint density at radius 1 is 1.25 bits per heavy atom. The van der Waals surface area contributed by atoms with Crippen molar-refractivity contribution in [1.82, 2.24) is 4.98 Å². The van der Waals surface area contributed by atoms with E-state index in [1.54, 1.807) is 0 Å². The van der Waals surface area contributed by atoms with E-state index in [0.29, 0.717) is 0 Å². The Morgan fingerprint density at radius 2 is 1.94 bits per heavy atom. The fourth-order valence-electron chi connectivity index (χ4n) is 1.77. The molecular weight excluding hydrogens is 200 g/mol. The van der Waals surface area contributed by atoms with E-state index in [2.05, 4.69) is 31.8 Å². The maximum atomic E-state index is 5.63. The predicted octanol–water partition coefficient (Wildman–Crippen LogP) is 3.36. The summed E-state index contributed by atoms with van der Waals surface area (Å²) in [5.74, 6) is 1.13. The zero-order valence-electron chi connectivity index (χ0n) is 9.82. The summed E-state index contributed by atoms with van der Waals surface area (Å²) < 4.78 is 5.45. The van der Waals surface area contributed by atoms with Crippen LogP contribution in [0.2, 0.25) is 0 Å². The lowest BCUT2D eigenvalue weighted by Crippen LogP contribution is -1.91. The average molecular weight is 216 g/mol. The summed E-state index contributed by atoms with van der Waals surface area (Å²) in [5.41, 5.74) is 8.76. The van der Waals surface area contributed by atoms with Crippen LogP contribution in [0.15, 0.2) is 28.7 Å². The first-order chi connectivity index (χ1) is 7.59. The molecule has 2 rings (SSSR count). The molecule has 0 amide bonds. The maximum absolute atomic E-state index is 5.63. The van der Waals surface area contributed by atoms with Gasteiger partial charge in [0.05, 0.1) is 0 Å². The van der Waals surface area contributed by atoms with Gasteiger partial charge in [0.1, 0.15) is 11.5 Å². The standard InChI is InChI=1S/C13H16N2O/c1-8(2)12-11(15-13(14)16-12)10-7-5-4-6-9(10)3/h4-8H,1-3H3,(H2,14,15). The van der Waals surface area contributed by atoms with Crippen molar-refractivity contribution < 1.29 is 4.42 Å². The second kappa shape index (κ2) is 4.00. The van der Waals surface area contributed by atoms with Gasteiger partial charge in [-0.3, -0.25) is 0 Å². The van der Waals surface area contributed by atoms with Gasteiger partial charge < -0.3 is 10.2 Å². The summed E-state index contributed by atoms with van der Waals surface area (Å²) in [7, 11) is 0. The Bertz CT molecular complexity index is 500. The van der Waals surface area contributed by atoms with E-state index in [0.717, 1.165) is 17.0 Å². The minimum atomic E-state index is 0.238. The minimum Gasteiger partial charge on any atom is -0.428 e. The summed E-state index contributed by atoms with van der Waals surface area (Å²) in [5, 5.41) is 0. The fourth-order valence-corrected chi connectivity index (χ4v) is 1.77. The third kappa shape index (κ3) is 1.81. The number of benzene rings is 1. The molecule has 0 aliphatic carbocycles. The van der Waals surface area contributed by atoms with Crippen molar-refractivity contribution in [3.05, 3.63) is 35.6 Å². The van der Waals surface area contributed by atoms with Gasteiger partial charge in [-0.15, -0.1) is 0 Å². The third-order valence-electron chi connectivity index (χ3n) is 2.59. The Kier molecular flexibility index (Phi) is 2.69. The predicted molar refractivity (Wildman–Crippen MR) is 65.2 cm³/mol. The van der Waals surface area contributed by atoms with Gasteiger partial charge in [0.2, 0.25) is 0 Å². The van der Waals surface area contributed by atoms with Gasteiger partial charge in [0.25, 0.3) is 6.01 Å². The first-order valence-electron chi connectivity index (χ1n) is 5.41. The highest BCUT2D eigenvalue weighted by Crippen LogP contribution is 2.32. The van der Waals surface area contributed by atoms with Crippen LogP contribution in [0, 0.1) is 6.92 Å². The van der Waals surface area contributed by atoms with Crippen molar-refractivity contribution >= 4 is 6.01 Å². The molecular formula is C13H16N2O. The van der Waals surface area contributed by atoms with Gasteiger partial charge in [-0.1, -0.05) is 38.1 Å². The van der Waals surface area contributed by atoms with Gasteiger partial charge >= 0.3 is 0 Å². The van der Waals surface area contributed by atoms with Crippen LogP contribution in [0.3, 0.4) is 0 Å². The number of hydrogen-bond donors (Lipinski definition) is 1. The zero-order valence-corrected chi connectivity index (χ0v) is 9.82. The van der Waals surface area contributed by atoms with Crippen LogP contribution in [0.4, 0.5) is 6.01 Å². The molecule has 3 heteroatoms. The van der Waals surface area contributed by atoms with Crippen LogP contribution in [-0.4, -0.2) is 4.98 Å². The smallest absolute Gasteiger partial charge is 0.292 e. The fraction of sp³-hybridized carbons (Fsp3) is 0.308. The number of aryl methyl sites for hydroxylation is 1. The van der Waals surface area contributed by atoms with Crippen molar-refractivity contribution in [3.8, 4) is 11.3 Å². The van der Waals surface area contributed by atoms with Crippen LogP contribution >= 0.6 is 0 Å². The number of oxazole rings is 1. The number of rotatable bonds is 2. The minimum absolute atomic E-state index is 0.238. The molecule has 1 heterocycles. The highest BCUT2D eigenvalue weighted by Gasteiger charge is 2.17. The number of anilines is 1. The second-order valence-corrected chi connectivity index (χ2v) is 4.23. The molecule has 1 aromatic carbocycles. The van der Waals surface area contributed by atoms with E-state index < -0.39 is 0 Å². The number of nitrogens with zero attached hydrogens (tertiary/aromatic N) is 1. The van der Waals surface area contributed by atoms with E-state index in [-0.39, 0.29) is 11.9 Å². The van der Waals surface area contributed by atoms with Crippen LogP contribution in [0.5, 0.6) is 0 Å². The summed E-state index contributed by atoms with van der Waals surface area (Å²) in [6.45, 7) is 6.20. The summed E-state index contributed by atoms with van der Waals surface area (Å²) in [6.07, 6.45) is 0. The zero-order chi connectivity index (χ0) is 11.7. The Labute approximate surface area is 95.3 Å². The van der Waals surface area contributed by atoms with Gasteiger partial charge in [0.15, 0.2) is 0 Å². The molecule has 0 fully saturated rings. The molecule has 0 spiro atoms. The molecule has 1 aromatic heterocycles. The molecule has 0 bridgehead atoms. The van der Waals surface area contributed by atoms with Gasteiger partial charge in [-0.2, -0.15) is 4.98 Å². The summed E-state index contributed by atoms with van der Waals surface area (Å²) >= 11 is 0. The molecule has 3 nitrogen and oxygen atoms in total. The van der Waals surface area contributed by atoms with E-state index >= 15 is 0 Å². The van der Waals surface area contributed by atoms with E-state index in [1.165, 1.54) is 5.56 Å². The Balaban J connectivity index is 2.60. The van der Waals surface area contributed by atoms with E-state index in [1.807, 2.05) is 18.2 Å². The second-order valence-electron chi connectivity index (χ2n) is 4.23. The van der Waals surface area contributed by atoms with E-state index in [4.69, 9.17) is 10.2 Å². The average Bonchev–Trinajstić information content (AvgIpc) is 2.61. The maximum Gasteiger partial charge on any atom is 0.292 e. The monoisotopic (exact) mass is 216 g/mol. The molecule has 0 saturated heterocycles. The molecule has 0 saturated carbocycles. The molecule has 0 radical (unpaired) electrons. The molecule has 16 heavy (non-hydrogen) atoms. The molecule has 84 valence electrons. The molecule has 0 atom stereocenters. The Hall–Kier alpha value is -1.77. The lowest BCUT2D eigenvalue weighted by molar-refractivity contribution is 0.500. The lowest BCUT2D eigenvalue weighted by Gasteiger charge is -2.06. The number of hydrogen-bond acceptors (Lipinski definition) is 3. The lowest BCUT2D eigenvalue weighted by atomic mass is 10.0. The molecule has 0 aliphatic rings. The van der Waals surface area contributed by atoms with Gasteiger partial charge in [0, 0.05) is 11.5 Å². The third-order valence-corrected chi connectivity index (χ3v) is 2.59. The first-order valence-corrected chi connectivity index (χ1v) is 5.41. The molecule has 0 aliphatic heterocycles. The molecule has 2 aromatic rings. The largest absolute Gasteiger partial charge is 0.428 e. The molecule has 0 unspecified atom stereocenters. The number of nitrogen functional groups attached to an aromatic ring is 1. The summed E-state index contributed by atoms with van der Waals surface area (Å²) in [6, 6.07) is 8.35. The highest BCUT2D eigenvalue weighted by atomic mass is 16.4. The van der Waals surface area contributed by atoms with Crippen molar-refractivity contribution in [1.29, 1.82) is 0 Å². The molecule has 2 N–H and O–H groups in total. The number of aromatic nitrogens is 1. The first kappa shape index (κ1) is 10.7. The van der Waals surface area contributed by atoms with E-state index in [9.17, 15) is 0 Å². The topological polar surface area (TPSA) is 52.0 Å². The van der Waals surface area contributed by atoms with Crippen molar-refractivity contribution in [3.63, 3.8) is 0 Å².